The van der Waals surface area contributed by atoms with Crippen LogP contribution in [0.25, 0.3) is 11.1 Å². The summed E-state index contributed by atoms with van der Waals surface area (Å²) in [6.07, 6.45) is 0.000123. The standard InChI is InChI=1S/C16H16O4/c1-19-13-6-7-15(20-2)14(10-13)12-5-3-4-11(8-12)9-16(17)18/h3-8,10H,9H2,1-2H3,(H,17,18). The van der Waals surface area contributed by atoms with Crippen molar-refractivity contribution in [2.24, 2.45) is 0 Å². The molecule has 0 aliphatic carbocycles. The summed E-state index contributed by atoms with van der Waals surface area (Å²) in [5, 5.41) is 8.87. The van der Waals surface area contributed by atoms with Crippen LogP contribution >= 0.6 is 0 Å². The third kappa shape index (κ3) is 3.09. The predicted molar refractivity (Wildman–Crippen MR) is 76.3 cm³/mol. The van der Waals surface area contributed by atoms with Crippen molar-refractivity contribution in [2.75, 3.05) is 14.2 Å². The minimum atomic E-state index is -0.847. The molecule has 0 amide bonds. The largest absolute Gasteiger partial charge is 0.497 e. The number of carbonyl (C=O) groups is 1. The molecule has 2 aromatic rings. The van der Waals surface area contributed by atoms with Gasteiger partial charge in [-0.1, -0.05) is 24.3 Å². The fourth-order valence-electron chi connectivity index (χ4n) is 2.06. The van der Waals surface area contributed by atoms with Crippen molar-refractivity contribution in [3.63, 3.8) is 0 Å². The van der Waals surface area contributed by atoms with Crippen molar-refractivity contribution in [1.82, 2.24) is 0 Å². The smallest absolute Gasteiger partial charge is 0.307 e. The van der Waals surface area contributed by atoms with Gasteiger partial charge in [-0.2, -0.15) is 0 Å². The lowest BCUT2D eigenvalue weighted by atomic mass is 10.0. The minimum Gasteiger partial charge on any atom is -0.497 e. The van der Waals surface area contributed by atoms with Crippen LogP contribution in [-0.2, 0) is 11.2 Å². The molecule has 0 unspecified atom stereocenters. The summed E-state index contributed by atoms with van der Waals surface area (Å²) in [7, 11) is 3.21. The molecular weight excluding hydrogens is 256 g/mol. The lowest BCUT2D eigenvalue weighted by Gasteiger charge is -2.11. The molecule has 20 heavy (non-hydrogen) atoms. The van der Waals surface area contributed by atoms with Gasteiger partial charge in [-0.3, -0.25) is 4.79 Å². The van der Waals surface area contributed by atoms with Gasteiger partial charge in [-0.05, 0) is 29.3 Å². The van der Waals surface area contributed by atoms with E-state index in [1.54, 1.807) is 20.3 Å². The molecule has 0 heterocycles. The second-order valence-corrected chi connectivity index (χ2v) is 4.34. The molecule has 4 heteroatoms. The summed E-state index contributed by atoms with van der Waals surface area (Å²) in [4.78, 5) is 10.8. The van der Waals surface area contributed by atoms with Crippen LogP contribution in [-0.4, -0.2) is 25.3 Å². The zero-order valence-corrected chi connectivity index (χ0v) is 11.4. The van der Waals surface area contributed by atoms with E-state index < -0.39 is 5.97 Å². The summed E-state index contributed by atoms with van der Waals surface area (Å²) in [6.45, 7) is 0. The van der Waals surface area contributed by atoms with Gasteiger partial charge in [0.15, 0.2) is 0 Å². The highest BCUT2D eigenvalue weighted by atomic mass is 16.5. The zero-order valence-electron chi connectivity index (χ0n) is 11.4. The van der Waals surface area contributed by atoms with Gasteiger partial charge in [-0.25, -0.2) is 0 Å². The number of rotatable bonds is 5. The maximum Gasteiger partial charge on any atom is 0.307 e. The van der Waals surface area contributed by atoms with Gasteiger partial charge in [0.05, 0.1) is 20.6 Å². The van der Waals surface area contributed by atoms with Crippen molar-refractivity contribution in [3.8, 4) is 22.6 Å². The Hall–Kier alpha value is -2.49. The Morgan fingerprint density at radius 2 is 1.90 bits per heavy atom. The first kappa shape index (κ1) is 13.9. The number of benzene rings is 2. The topological polar surface area (TPSA) is 55.8 Å². The van der Waals surface area contributed by atoms with E-state index in [0.29, 0.717) is 0 Å². The molecule has 2 aromatic carbocycles. The predicted octanol–water partition coefficient (Wildman–Crippen LogP) is 3.00. The second-order valence-electron chi connectivity index (χ2n) is 4.34. The molecule has 0 atom stereocenters. The maximum atomic E-state index is 10.8. The van der Waals surface area contributed by atoms with Gasteiger partial charge in [0.1, 0.15) is 11.5 Å². The molecule has 0 bridgehead atoms. The monoisotopic (exact) mass is 272 g/mol. The normalized spacial score (nSPS) is 10.1. The van der Waals surface area contributed by atoms with Gasteiger partial charge in [0.2, 0.25) is 0 Å². The molecule has 0 spiro atoms. The van der Waals surface area contributed by atoms with E-state index in [0.717, 1.165) is 28.2 Å². The van der Waals surface area contributed by atoms with Crippen LogP contribution < -0.4 is 9.47 Å². The number of hydrogen-bond donors (Lipinski definition) is 1. The van der Waals surface area contributed by atoms with Gasteiger partial charge in [0, 0.05) is 5.56 Å². The van der Waals surface area contributed by atoms with Gasteiger partial charge >= 0.3 is 5.97 Å². The summed E-state index contributed by atoms with van der Waals surface area (Å²) >= 11 is 0. The first-order valence-electron chi connectivity index (χ1n) is 6.17. The number of methoxy groups -OCH3 is 2. The number of carboxylic acids is 1. The van der Waals surface area contributed by atoms with Crippen LogP contribution in [0.2, 0.25) is 0 Å². The summed E-state index contributed by atoms with van der Waals surface area (Å²) < 4.78 is 10.6. The Kier molecular flexibility index (Phi) is 4.25. The molecule has 0 aliphatic rings. The third-order valence-electron chi connectivity index (χ3n) is 3.00. The second kappa shape index (κ2) is 6.10. The van der Waals surface area contributed by atoms with Gasteiger partial charge in [-0.15, -0.1) is 0 Å². The molecule has 0 saturated heterocycles. The fourth-order valence-corrected chi connectivity index (χ4v) is 2.06. The van der Waals surface area contributed by atoms with E-state index in [4.69, 9.17) is 14.6 Å². The SMILES string of the molecule is COc1ccc(OC)c(-c2cccc(CC(=O)O)c2)c1. The van der Waals surface area contributed by atoms with E-state index in [9.17, 15) is 4.79 Å². The molecule has 1 N–H and O–H groups in total. The summed E-state index contributed by atoms with van der Waals surface area (Å²) in [5.74, 6) is 0.600. The highest BCUT2D eigenvalue weighted by Gasteiger charge is 2.09. The first-order valence-corrected chi connectivity index (χ1v) is 6.17. The average molecular weight is 272 g/mol. The van der Waals surface area contributed by atoms with E-state index in [1.165, 1.54) is 0 Å². The van der Waals surface area contributed by atoms with Crippen LogP contribution in [0.5, 0.6) is 11.5 Å². The van der Waals surface area contributed by atoms with E-state index in [-0.39, 0.29) is 6.42 Å². The van der Waals surface area contributed by atoms with Crippen LogP contribution in [0, 0.1) is 0 Å². The fraction of sp³-hybridized carbons (Fsp3) is 0.188. The van der Waals surface area contributed by atoms with Gasteiger partial charge < -0.3 is 14.6 Å². The molecule has 0 radical (unpaired) electrons. The van der Waals surface area contributed by atoms with Crippen molar-refractivity contribution in [2.45, 2.75) is 6.42 Å². The number of aliphatic carboxylic acids is 1. The Morgan fingerprint density at radius 1 is 1.10 bits per heavy atom. The molecule has 0 aromatic heterocycles. The average Bonchev–Trinajstić information content (AvgIpc) is 2.46. The van der Waals surface area contributed by atoms with Crippen molar-refractivity contribution in [1.29, 1.82) is 0 Å². The van der Waals surface area contributed by atoms with Crippen LogP contribution in [0.1, 0.15) is 5.56 Å². The van der Waals surface area contributed by atoms with E-state index in [2.05, 4.69) is 0 Å². The van der Waals surface area contributed by atoms with Gasteiger partial charge in [0.25, 0.3) is 0 Å². The summed E-state index contributed by atoms with van der Waals surface area (Å²) in [6, 6.07) is 12.9. The number of hydrogen-bond acceptors (Lipinski definition) is 3. The number of ether oxygens (including phenoxy) is 2. The lowest BCUT2D eigenvalue weighted by molar-refractivity contribution is -0.136. The quantitative estimate of drug-likeness (QED) is 0.909. The highest BCUT2D eigenvalue weighted by Crippen LogP contribution is 2.33. The van der Waals surface area contributed by atoms with Crippen molar-refractivity contribution >= 4 is 5.97 Å². The Labute approximate surface area is 117 Å². The minimum absolute atomic E-state index is 0.000123. The third-order valence-corrected chi connectivity index (χ3v) is 3.00. The van der Waals surface area contributed by atoms with Crippen molar-refractivity contribution < 1.29 is 19.4 Å². The molecular formula is C16H16O4. The highest BCUT2D eigenvalue weighted by molar-refractivity contribution is 5.75. The molecule has 2 rings (SSSR count). The lowest BCUT2D eigenvalue weighted by Crippen LogP contribution is -2.00. The molecule has 0 saturated carbocycles. The molecule has 104 valence electrons. The van der Waals surface area contributed by atoms with Crippen LogP contribution in [0.3, 0.4) is 0 Å². The van der Waals surface area contributed by atoms with Crippen molar-refractivity contribution in [3.05, 3.63) is 48.0 Å². The van der Waals surface area contributed by atoms with Crippen LogP contribution in [0.15, 0.2) is 42.5 Å². The Bertz CT molecular complexity index is 620. The number of carboxylic acid groups (broad SMARTS) is 1. The molecule has 0 aliphatic heterocycles. The van der Waals surface area contributed by atoms with E-state index >= 15 is 0 Å². The molecule has 4 nitrogen and oxygen atoms in total. The van der Waals surface area contributed by atoms with E-state index in [1.807, 2.05) is 36.4 Å². The van der Waals surface area contributed by atoms with Crippen LogP contribution in [0.4, 0.5) is 0 Å². The zero-order chi connectivity index (χ0) is 14.5. The maximum absolute atomic E-state index is 10.8. The Balaban J connectivity index is 2.46. The Morgan fingerprint density at radius 3 is 2.55 bits per heavy atom. The first-order chi connectivity index (χ1) is 9.63. The molecule has 0 fully saturated rings. The summed E-state index contributed by atoms with van der Waals surface area (Å²) in [5.41, 5.74) is 2.53.